The third-order valence-electron chi connectivity index (χ3n) is 4.66. The zero-order valence-corrected chi connectivity index (χ0v) is 17.7. The first kappa shape index (κ1) is 20.5. The van der Waals surface area contributed by atoms with E-state index in [1.807, 2.05) is 25.1 Å². The molecule has 8 heteroatoms. The molecule has 0 spiro atoms. The maximum Gasteiger partial charge on any atom is 0.359 e. The third kappa shape index (κ3) is 3.97. The fraction of sp³-hybridized carbons (Fsp3) is 0.130. The lowest BCUT2D eigenvalue weighted by Crippen LogP contribution is -2.25. The monoisotopic (exact) mass is 433 g/mol. The van der Waals surface area contributed by atoms with Crippen molar-refractivity contribution in [3.63, 3.8) is 0 Å². The molecule has 31 heavy (non-hydrogen) atoms. The number of thiophene rings is 1. The van der Waals surface area contributed by atoms with Crippen LogP contribution >= 0.6 is 11.3 Å². The van der Waals surface area contributed by atoms with Gasteiger partial charge in [0.2, 0.25) is 0 Å². The summed E-state index contributed by atoms with van der Waals surface area (Å²) in [5, 5.41) is 9.63. The van der Waals surface area contributed by atoms with Crippen LogP contribution in [0.15, 0.2) is 64.8 Å². The number of anilines is 1. The Morgan fingerprint density at radius 2 is 1.81 bits per heavy atom. The molecule has 4 rings (SSSR count). The molecule has 0 saturated heterocycles. The van der Waals surface area contributed by atoms with E-state index >= 15 is 0 Å². The highest BCUT2D eigenvalue weighted by atomic mass is 32.1. The van der Waals surface area contributed by atoms with Crippen molar-refractivity contribution in [2.24, 2.45) is 0 Å². The van der Waals surface area contributed by atoms with Crippen LogP contribution in [-0.4, -0.2) is 28.3 Å². The molecule has 4 aromatic rings. The van der Waals surface area contributed by atoms with E-state index < -0.39 is 11.5 Å². The number of hydrogen-bond donors (Lipinski definition) is 1. The van der Waals surface area contributed by atoms with Gasteiger partial charge in [0.15, 0.2) is 5.69 Å². The van der Waals surface area contributed by atoms with E-state index in [4.69, 9.17) is 4.74 Å². The van der Waals surface area contributed by atoms with Crippen LogP contribution in [0.2, 0.25) is 0 Å². The summed E-state index contributed by atoms with van der Waals surface area (Å²) in [6.45, 7) is 3.81. The minimum absolute atomic E-state index is 0.0207. The SMILES string of the molecule is CCOC(=O)c1nn(-c2ccccc2)c(=O)c2c(NC(=O)c3ccc(C)cc3)scc12. The van der Waals surface area contributed by atoms with Crippen LogP contribution in [-0.2, 0) is 4.74 Å². The number of fused-ring (bicyclic) bond motifs is 1. The molecule has 0 fully saturated rings. The van der Waals surface area contributed by atoms with Crippen LogP contribution in [0.4, 0.5) is 5.00 Å². The zero-order chi connectivity index (χ0) is 22.0. The summed E-state index contributed by atoms with van der Waals surface area (Å²) < 4.78 is 6.29. The first-order valence-corrected chi connectivity index (χ1v) is 10.5. The average molecular weight is 433 g/mol. The van der Waals surface area contributed by atoms with Crippen LogP contribution in [0.3, 0.4) is 0 Å². The Hall–Kier alpha value is -3.78. The minimum atomic E-state index is -0.633. The molecule has 0 aliphatic carbocycles. The number of hydrogen-bond acceptors (Lipinski definition) is 6. The van der Waals surface area contributed by atoms with Gasteiger partial charge in [-0.1, -0.05) is 35.9 Å². The average Bonchev–Trinajstić information content (AvgIpc) is 3.19. The van der Waals surface area contributed by atoms with E-state index in [1.54, 1.807) is 48.7 Å². The number of rotatable bonds is 5. The topological polar surface area (TPSA) is 90.3 Å². The Bertz CT molecular complexity index is 1320. The summed E-state index contributed by atoms with van der Waals surface area (Å²) in [6.07, 6.45) is 0. The fourth-order valence-electron chi connectivity index (χ4n) is 3.12. The molecule has 2 aromatic heterocycles. The number of nitrogens with zero attached hydrogens (tertiary/aromatic N) is 2. The van der Waals surface area contributed by atoms with Crippen molar-refractivity contribution in [2.45, 2.75) is 13.8 Å². The smallest absolute Gasteiger partial charge is 0.359 e. The highest BCUT2D eigenvalue weighted by molar-refractivity contribution is 7.16. The van der Waals surface area contributed by atoms with E-state index in [9.17, 15) is 14.4 Å². The first-order valence-electron chi connectivity index (χ1n) is 9.64. The maximum absolute atomic E-state index is 13.3. The highest BCUT2D eigenvalue weighted by Crippen LogP contribution is 2.31. The van der Waals surface area contributed by atoms with Crippen molar-refractivity contribution in [2.75, 3.05) is 11.9 Å². The van der Waals surface area contributed by atoms with Crippen molar-refractivity contribution in [3.05, 3.63) is 87.2 Å². The van der Waals surface area contributed by atoms with Gasteiger partial charge in [0.05, 0.1) is 17.7 Å². The van der Waals surface area contributed by atoms with Gasteiger partial charge < -0.3 is 10.1 Å². The quantitative estimate of drug-likeness (QED) is 0.477. The van der Waals surface area contributed by atoms with E-state index in [2.05, 4.69) is 10.4 Å². The largest absolute Gasteiger partial charge is 0.461 e. The molecule has 0 unspecified atom stereocenters. The van der Waals surface area contributed by atoms with E-state index in [0.717, 1.165) is 21.6 Å². The van der Waals surface area contributed by atoms with Gasteiger partial charge in [-0.05, 0) is 38.1 Å². The van der Waals surface area contributed by atoms with Gasteiger partial charge in [0, 0.05) is 16.3 Å². The molecule has 0 radical (unpaired) electrons. The number of para-hydroxylation sites is 1. The lowest BCUT2D eigenvalue weighted by atomic mass is 10.1. The Morgan fingerprint density at radius 1 is 1.10 bits per heavy atom. The molecule has 0 aliphatic rings. The number of nitrogens with one attached hydrogen (secondary N) is 1. The highest BCUT2D eigenvalue weighted by Gasteiger charge is 2.23. The van der Waals surface area contributed by atoms with Crippen LogP contribution in [0.25, 0.3) is 16.5 Å². The van der Waals surface area contributed by atoms with Crippen LogP contribution in [0.1, 0.15) is 33.3 Å². The minimum Gasteiger partial charge on any atom is -0.461 e. The second kappa shape index (κ2) is 8.53. The summed E-state index contributed by atoms with van der Waals surface area (Å²) in [4.78, 5) is 38.6. The Labute approximate surface area is 181 Å². The molecule has 1 amide bonds. The van der Waals surface area contributed by atoms with Gasteiger partial charge in [0.25, 0.3) is 11.5 Å². The van der Waals surface area contributed by atoms with E-state index in [0.29, 0.717) is 21.6 Å². The molecule has 0 saturated carbocycles. The maximum atomic E-state index is 13.3. The Balaban J connectivity index is 1.87. The number of carbonyl (C=O) groups is 2. The molecule has 0 bridgehead atoms. The molecular formula is C23H19N3O4S. The first-order chi connectivity index (χ1) is 15.0. The Kier molecular flexibility index (Phi) is 5.64. The molecule has 2 aromatic carbocycles. The van der Waals surface area contributed by atoms with E-state index in [1.165, 1.54) is 0 Å². The molecule has 0 atom stereocenters. The standard InChI is InChI=1S/C23H19N3O4S/c1-3-30-23(29)19-17-13-31-21(24-20(27)15-11-9-14(2)10-12-15)18(17)22(28)26(25-19)16-7-5-4-6-8-16/h4-13H,3H2,1-2H3,(H,24,27). The van der Waals surface area contributed by atoms with Gasteiger partial charge in [-0.25, -0.2) is 4.79 Å². The summed E-state index contributed by atoms with van der Waals surface area (Å²) in [6, 6.07) is 15.9. The van der Waals surface area contributed by atoms with Gasteiger partial charge in [-0.3, -0.25) is 9.59 Å². The van der Waals surface area contributed by atoms with Crippen molar-refractivity contribution >= 4 is 39.0 Å². The summed E-state index contributed by atoms with van der Waals surface area (Å²) in [7, 11) is 0. The third-order valence-corrected chi connectivity index (χ3v) is 5.56. The van der Waals surface area contributed by atoms with Crippen LogP contribution in [0.5, 0.6) is 0 Å². The summed E-state index contributed by atoms with van der Waals surface area (Å²) in [5.41, 5.74) is 1.59. The number of amides is 1. The molecule has 156 valence electrons. The zero-order valence-electron chi connectivity index (χ0n) is 16.9. The normalized spacial score (nSPS) is 10.8. The van der Waals surface area contributed by atoms with Gasteiger partial charge in [-0.2, -0.15) is 9.78 Å². The molecule has 7 nitrogen and oxygen atoms in total. The number of aryl methyl sites for hydroxylation is 1. The van der Waals surface area contributed by atoms with E-state index in [-0.39, 0.29) is 23.6 Å². The fourth-order valence-corrected chi connectivity index (χ4v) is 4.05. The van der Waals surface area contributed by atoms with Gasteiger partial charge in [-0.15, -0.1) is 11.3 Å². The second-order valence-corrected chi connectivity index (χ2v) is 7.67. The molecule has 2 heterocycles. The predicted molar refractivity (Wildman–Crippen MR) is 120 cm³/mol. The Morgan fingerprint density at radius 3 is 2.48 bits per heavy atom. The summed E-state index contributed by atoms with van der Waals surface area (Å²) in [5.74, 6) is -0.977. The van der Waals surface area contributed by atoms with Gasteiger partial charge >= 0.3 is 5.97 Å². The van der Waals surface area contributed by atoms with Crippen molar-refractivity contribution in [3.8, 4) is 5.69 Å². The molecule has 0 aliphatic heterocycles. The second-order valence-electron chi connectivity index (χ2n) is 6.80. The number of esters is 1. The number of carbonyl (C=O) groups excluding carboxylic acids is 2. The number of ether oxygens (including phenoxy) is 1. The lowest BCUT2D eigenvalue weighted by molar-refractivity contribution is 0.0520. The number of aromatic nitrogens is 2. The molecule has 1 N–H and O–H groups in total. The number of benzene rings is 2. The van der Waals surface area contributed by atoms with Crippen LogP contribution < -0.4 is 10.9 Å². The van der Waals surface area contributed by atoms with Crippen LogP contribution in [0, 0.1) is 6.92 Å². The molecular weight excluding hydrogens is 414 g/mol. The summed E-state index contributed by atoms with van der Waals surface area (Å²) >= 11 is 1.16. The van der Waals surface area contributed by atoms with Crippen molar-refractivity contribution in [1.82, 2.24) is 9.78 Å². The van der Waals surface area contributed by atoms with Gasteiger partial charge in [0.1, 0.15) is 5.00 Å². The predicted octanol–water partition coefficient (Wildman–Crippen LogP) is 4.18. The lowest BCUT2D eigenvalue weighted by Gasteiger charge is -2.10. The van der Waals surface area contributed by atoms with Crippen molar-refractivity contribution in [1.29, 1.82) is 0 Å². The van der Waals surface area contributed by atoms with Crippen molar-refractivity contribution < 1.29 is 14.3 Å².